The number of hydrogen-bond acceptors (Lipinski definition) is 1. The van der Waals surface area contributed by atoms with E-state index in [4.69, 9.17) is 11.6 Å². The molecule has 0 aliphatic carbocycles. The van der Waals surface area contributed by atoms with E-state index in [9.17, 15) is 4.79 Å². The van der Waals surface area contributed by atoms with Gasteiger partial charge in [-0.25, -0.2) is 0 Å². The summed E-state index contributed by atoms with van der Waals surface area (Å²) in [4.78, 5) is 14.7. The first-order valence-electron chi connectivity index (χ1n) is 6.76. The molecule has 1 aliphatic rings. The minimum atomic E-state index is 0.153. The number of carbonyl (C=O) groups is 1. The lowest BCUT2D eigenvalue weighted by molar-refractivity contribution is 0.0609. The highest BCUT2D eigenvalue weighted by molar-refractivity contribution is 9.09. The molecule has 4 heteroatoms. The van der Waals surface area contributed by atoms with Crippen LogP contribution in [0.15, 0.2) is 18.2 Å². The first-order valence-corrected chi connectivity index (χ1v) is 8.26. The third-order valence-corrected chi connectivity index (χ3v) is 4.44. The molecule has 104 valence electrons. The molecule has 1 amide bonds. The molecule has 0 spiro atoms. The number of carbonyl (C=O) groups excluding carboxylic acids is 1. The predicted molar refractivity (Wildman–Crippen MR) is 83.3 cm³/mol. The summed E-state index contributed by atoms with van der Waals surface area (Å²) in [7, 11) is 0. The Morgan fingerprint density at radius 2 is 2.26 bits per heavy atom. The molecule has 1 heterocycles. The molecule has 1 unspecified atom stereocenters. The number of likely N-dealkylation sites (tertiary alicyclic amines) is 1. The van der Waals surface area contributed by atoms with Gasteiger partial charge < -0.3 is 4.90 Å². The van der Waals surface area contributed by atoms with Crippen LogP contribution in [0, 0.1) is 6.92 Å². The van der Waals surface area contributed by atoms with Crippen LogP contribution in [0.3, 0.4) is 0 Å². The van der Waals surface area contributed by atoms with Crippen LogP contribution < -0.4 is 0 Å². The summed E-state index contributed by atoms with van der Waals surface area (Å²) in [5.41, 5.74) is 1.74. The highest BCUT2D eigenvalue weighted by atomic mass is 79.9. The molecule has 1 atom stereocenters. The smallest absolute Gasteiger partial charge is 0.254 e. The topological polar surface area (TPSA) is 20.3 Å². The maximum atomic E-state index is 12.7. The summed E-state index contributed by atoms with van der Waals surface area (Å²) >= 11 is 9.44. The minimum Gasteiger partial charge on any atom is -0.336 e. The van der Waals surface area contributed by atoms with E-state index in [-0.39, 0.29) is 5.91 Å². The molecule has 0 saturated carbocycles. The van der Waals surface area contributed by atoms with E-state index in [1.165, 1.54) is 6.42 Å². The van der Waals surface area contributed by atoms with Crippen molar-refractivity contribution < 1.29 is 4.79 Å². The van der Waals surface area contributed by atoms with Crippen LogP contribution in [0.1, 0.15) is 41.6 Å². The molecule has 0 radical (unpaired) electrons. The van der Waals surface area contributed by atoms with E-state index in [2.05, 4.69) is 15.9 Å². The molecule has 2 rings (SSSR count). The molecular formula is C15H19BrClNO. The first-order chi connectivity index (χ1) is 9.13. The van der Waals surface area contributed by atoms with E-state index in [1.54, 1.807) is 6.07 Å². The lowest BCUT2D eigenvalue weighted by Gasteiger charge is -2.36. The van der Waals surface area contributed by atoms with E-state index in [0.717, 1.165) is 42.3 Å². The lowest BCUT2D eigenvalue weighted by atomic mass is 9.98. The third kappa shape index (κ3) is 3.51. The van der Waals surface area contributed by atoms with Crippen molar-refractivity contribution in [1.29, 1.82) is 0 Å². The fourth-order valence-electron chi connectivity index (χ4n) is 2.72. The Hall–Kier alpha value is -0.540. The van der Waals surface area contributed by atoms with Gasteiger partial charge in [0.1, 0.15) is 0 Å². The quantitative estimate of drug-likeness (QED) is 0.743. The number of aryl methyl sites for hydroxylation is 1. The lowest BCUT2D eigenvalue weighted by Crippen LogP contribution is -2.44. The van der Waals surface area contributed by atoms with Gasteiger partial charge in [-0.1, -0.05) is 27.5 Å². The van der Waals surface area contributed by atoms with Crippen LogP contribution in [-0.4, -0.2) is 28.7 Å². The van der Waals surface area contributed by atoms with Crippen LogP contribution in [0.25, 0.3) is 0 Å². The molecule has 1 fully saturated rings. The summed E-state index contributed by atoms with van der Waals surface area (Å²) in [5, 5.41) is 1.63. The average Bonchev–Trinajstić information content (AvgIpc) is 2.39. The number of piperidine rings is 1. The third-order valence-electron chi connectivity index (χ3n) is 3.75. The van der Waals surface area contributed by atoms with Gasteiger partial charge in [0.25, 0.3) is 5.91 Å². The average molecular weight is 345 g/mol. The van der Waals surface area contributed by atoms with Crippen molar-refractivity contribution in [2.24, 2.45) is 0 Å². The molecule has 0 bridgehead atoms. The molecule has 1 aromatic rings. The first kappa shape index (κ1) is 14.9. The number of alkyl halides is 1. The zero-order valence-electron chi connectivity index (χ0n) is 11.2. The van der Waals surface area contributed by atoms with Crippen LogP contribution in [0.5, 0.6) is 0 Å². The van der Waals surface area contributed by atoms with Crippen LogP contribution in [0.2, 0.25) is 5.02 Å². The Morgan fingerprint density at radius 3 is 2.95 bits per heavy atom. The van der Waals surface area contributed by atoms with Gasteiger partial charge in [-0.05, 0) is 56.4 Å². The van der Waals surface area contributed by atoms with Gasteiger partial charge >= 0.3 is 0 Å². The molecule has 0 N–H and O–H groups in total. The highest BCUT2D eigenvalue weighted by Crippen LogP contribution is 2.24. The van der Waals surface area contributed by atoms with Gasteiger partial charge in [-0.15, -0.1) is 0 Å². The van der Waals surface area contributed by atoms with Gasteiger partial charge in [0, 0.05) is 28.5 Å². The standard InChI is InChI=1S/C15H19BrClNO/c1-11-10-12(17)5-6-14(11)15(19)18-9-3-2-4-13(18)7-8-16/h5-6,10,13H,2-4,7-9H2,1H3. The Kier molecular flexibility index (Phi) is 5.28. The fraction of sp³-hybridized carbons (Fsp3) is 0.533. The second-order valence-corrected chi connectivity index (χ2v) is 6.31. The van der Waals surface area contributed by atoms with Crippen LogP contribution in [-0.2, 0) is 0 Å². The summed E-state index contributed by atoms with van der Waals surface area (Å²) in [6.45, 7) is 2.82. The minimum absolute atomic E-state index is 0.153. The normalized spacial score (nSPS) is 19.5. The number of hydrogen-bond donors (Lipinski definition) is 0. The molecule has 1 aromatic carbocycles. The molecular weight excluding hydrogens is 326 g/mol. The summed E-state index contributed by atoms with van der Waals surface area (Å²) in [5.74, 6) is 0.153. The highest BCUT2D eigenvalue weighted by Gasteiger charge is 2.27. The van der Waals surface area contributed by atoms with Gasteiger partial charge in [0.05, 0.1) is 0 Å². The van der Waals surface area contributed by atoms with Crippen LogP contribution >= 0.6 is 27.5 Å². The van der Waals surface area contributed by atoms with E-state index in [0.29, 0.717) is 11.1 Å². The van der Waals surface area contributed by atoms with Gasteiger partial charge in [0.2, 0.25) is 0 Å². The number of nitrogens with zero attached hydrogens (tertiary/aromatic N) is 1. The monoisotopic (exact) mass is 343 g/mol. The Labute approximate surface area is 128 Å². The molecule has 2 nitrogen and oxygen atoms in total. The second-order valence-electron chi connectivity index (χ2n) is 5.09. The maximum absolute atomic E-state index is 12.7. The number of benzene rings is 1. The van der Waals surface area contributed by atoms with Crippen molar-refractivity contribution in [3.8, 4) is 0 Å². The predicted octanol–water partition coefficient (Wildman–Crippen LogP) is 4.43. The summed E-state index contributed by atoms with van der Waals surface area (Å²) in [6, 6.07) is 5.87. The zero-order valence-corrected chi connectivity index (χ0v) is 13.5. The van der Waals surface area contributed by atoms with Gasteiger partial charge in [-0.2, -0.15) is 0 Å². The van der Waals surface area contributed by atoms with Crippen molar-refractivity contribution in [3.05, 3.63) is 34.3 Å². The number of amides is 1. The SMILES string of the molecule is Cc1cc(Cl)ccc1C(=O)N1CCCCC1CCBr. The number of rotatable bonds is 3. The maximum Gasteiger partial charge on any atom is 0.254 e. The van der Waals surface area contributed by atoms with Crippen molar-refractivity contribution in [1.82, 2.24) is 4.90 Å². The zero-order chi connectivity index (χ0) is 13.8. The van der Waals surface area contributed by atoms with Crippen molar-refractivity contribution >= 4 is 33.4 Å². The van der Waals surface area contributed by atoms with E-state index < -0.39 is 0 Å². The fourth-order valence-corrected chi connectivity index (χ4v) is 3.47. The molecule has 19 heavy (non-hydrogen) atoms. The van der Waals surface area contributed by atoms with Gasteiger partial charge in [0.15, 0.2) is 0 Å². The Morgan fingerprint density at radius 1 is 1.47 bits per heavy atom. The van der Waals surface area contributed by atoms with Gasteiger partial charge in [-0.3, -0.25) is 4.79 Å². The van der Waals surface area contributed by atoms with E-state index in [1.807, 2.05) is 24.0 Å². The Bertz CT molecular complexity index is 461. The molecule has 1 aliphatic heterocycles. The summed E-state index contributed by atoms with van der Waals surface area (Å²) < 4.78 is 0. The second kappa shape index (κ2) is 6.76. The Balaban J connectivity index is 2.21. The van der Waals surface area contributed by atoms with Crippen molar-refractivity contribution in [3.63, 3.8) is 0 Å². The molecule has 0 aromatic heterocycles. The largest absolute Gasteiger partial charge is 0.336 e. The van der Waals surface area contributed by atoms with Crippen molar-refractivity contribution in [2.75, 3.05) is 11.9 Å². The van der Waals surface area contributed by atoms with Crippen molar-refractivity contribution in [2.45, 2.75) is 38.6 Å². The molecule has 1 saturated heterocycles. The van der Waals surface area contributed by atoms with E-state index >= 15 is 0 Å². The summed E-state index contributed by atoms with van der Waals surface area (Å²) in [6.07, 6.45) is 4.47. The number of halogens is 2. The van der Waals surface area contributed by atoms with Crippen LogP contribution in [0.4, 0.5) is 0 Å².